The van der Waals surface area contributed by atoms with E-state index in [4.69, 9.17) is 4.74 Å². The van der Waals surface area contributed by atoms with Crippen LogP contribution in [0.25, 0.3) is 6.08 Å². The van der Waals surface area contributed by atoms with E-state index in [0.717, 1.165) is 5.56 Å². The molecule has 1 heterocycles. The average Bonchev–Trinajstić information content (AvgIpc) is 2.93. The summed E-state index contributed by atoms with van der Waals surface area (Å²) >= 11 is 0. The molecular weight excluding hydrogens is 322 g/mol. The highest BCUT2D eigenvalue weighted by atomic mass is 16.6. The van der Waals surface area contributed by atoms with E-state index in [9.17, 15) is 14.9 Å². The molecule has 3 rings (SSSR count). The first-order chi connectivity index (χ1) is 12.1. The lowest BCUT2D eigenvalue weighted by Gasteiger charge is -2.10. The van der Waals surface area contributed by atoms with Gasteiger partial charge >= 0.3 is 0 Å². The summed E-state index contributed by atoms with van der Waals surface area (Å²) in [6, 6.07) is 15.0. The topological polar surface area (TPSA) is 85.0 Å². The van der Waals surface area contributed by atoms with Gasteiger partial charge in [-0.15, -0.1) is 5.10 Å². The molecule has 126 valence electrons. The number of nitro groups is 1. The zero-order chi connectivity index (χ0) is 17.8. The number of benzene rings is 2. The van der Waals surface area contributed by atoms with Crippen molar-refractivity contribution in [3.63, 3.8) is 0 Å². The van der Waals surface area contributed by atoms with Gasteiger partial charge in [0.25, 0.3) is 11.6 Å². The first-order valence-corrected chi connectivity index (χ1v) is 7.67. The van der Waals surface area contributed by atoms with Gasteiger partial charge in [0.15, 0.2) is 0 Å². The van der Waals surface area contributed by atoms with Crippen molar-refractivity contribution in [1.82, 2.24) is 0 Å². The molecule has 0 unspecified atom stereocenters. The Hall–Kier alpha value is -3.48. The number of hydrogen-bond acceptors (Lipinski definition) is 5. The van der Waals surface area contributed by atoms with Gasteiger partial charge in [0.1, 0.15) is 5.57 Å². The van der Waals surface area contributed by atoms with E-state index in [0.29, 0.717) is 17.9 Å². The van der Waals surface area contributed by atoms with Crippen LogP contribution in [0.4, 0.5) is 11.4 Å². The zero-order valence-electron chi connectivity index (χ0n) is 13.5. The Morgan fingerprint density at radius 1 is 1.16 bits per heavy atom. The second-order valence-corrected chi connectivity index (χ2v) is 5.20. The molecule has 0 saturated carbocycles. The molecule has 0 fully saturated rings. The third-order valence-electron chi connectivity index (χ3n) is 3.54. The molecule has 0 radical (unpaired) electrons. The Balaban J connectivity index is 1.95. The SMILES string of the molecule is CCOC1=NN(c2ccc([N+](=O)[O-])cc2)C(=O)/C1=C/c1ccccc1. The molecule has 0 atom stereocenters. The minimum absolute atomic E-state index is 0.0514. The maximum Gasteiger partial charge on any atom is 0.284 e. The molecule has 7 heteroatoms. The molecule has 0 bridgehead atoms. The van der Waals surface area contributed by atoms with Gasteiger partial charge in [-0.05, 0) is 30.7 Å². The Kier molecular flexibility index (Phi) is 4.56. The van der Waals surface area contributed by atoms with Crippen LogP contribution in [0.1, 0.15) is 12.5 Å². The van der Waals surface area contributed by atoms with Gasteiger partial charge < -0.3 is 4.74 Å². The number of carbonyl (C=O) groups is 1. The van der Waals surface area contributed by atoms with Crippen LogP contribution in [-0.2, 0) is 9.53 Å². The molecular formula is C18H15N3O4. The largest absolute Gasteiger partial charge is 0.476 e. The van der Waals surface area contributed by atoms with Gasteiger partial charge in [-0.2, -0.15) is 5.01 Å². The number of non-ortho nitro benzene ring substituents is 1. The maximum atomic E-state index is 12.7. The van der Waals surface area contributed by atoms with E-state index in [1.807, 2.05) is 37.3 Å². The van der Waals surface area contributed by atoms with Crippen LogP contribution < -0.4 is 5.01 Å². The van der Waals surface area contributed by atoms with E-state index in [1.165, 1.54) is 29.3 Å². The number of carbonyl (C=O) groups excluding carboxylic acids is 1. The lowest BCUT2D eigenvalue weighted by Crippen LogP contribution is -2.21. The van der Waals surface area contributed by atoms with Crippen molar-refractivity contribution in [1.29, 1.82) is 0 Å². The molecule has 0 aromatic heterocycles. The van der Waals surface area contributed by atoms with Gasteiger partial charge in [0, 0.05) is 12.1 Å². The highest BCUT2D eigenvalue weighted by Gasteiger charge is 2.32. The smallest absolute Gasteiger partial charge is 0.284 e. The molecule has 0 aliphatic carbocycles. The number of nitro benzene ring substituents is 1. The quantitative estimate of drug-likeness (QED) is 0.486. The molecule has 0 saturated heterocycles. The monoisotopic (exact) mass is 337 g/mol. The summed E-state index contributed by atoms with van der Waals surface area (Å²) in [6.45, 7) is 2.17. The predicted octanol–water partition coefficient (Wildman–Crippen LogP) is 3.38. The Morgan fingerprint density at radius 2 is 1.84 bits per heavy atom. The Labute approximate surface area is 144 Å². The van der Waals surface area contributed by atoms with Crippen LogP contribution in [0, 0.1) is 10.1 Å². The third-order valence-corrected chi connectivity index (χ3v) is 3.54. The van der Waals surface area contributed by atoms with Gasteiger partial charge in [-0.25, -0.2) is 0 Å². The summed E-state index contributed by atoms with van der Waals surface area (Å²) in [5.41, 5.74) is 1.57. The highest BCUT2D eigenvalue weighted by molar-refractivity contribution is 6.30. The molecule has 7 nitrogen and oxygen atoms in total. The van der Waals surface area contributed by atoms with Crippen molar-refractivity contribution in [3.8, 4) is 0 Å². The summed E-state index contributed by atoms with van der Waals surface area (Å²) in [7, 11) is 0. The van der Waals surface area contributed by atoms with Gasteiger partial charge in [-0.3, -0.25) is 14.9 Å². The van der Waals surface area contributed by atoms with Crippen molar-refractivity contribution in [2.45, 2.75) is 6.92 Å². The van der Waals surface area contributed by atoms with Gasteiger partial charge in [0.2, 0.25) is 5.90 Å². The third kappa shape index (κ3) is 3.40. The molecule has 0 spiro atoms. The minimum Gasteiger partial charge on any atom is -0.476 e. The molecule has 1 aliphatic heterocycles. The van der Waals surface area contributed by atoms with Crippen LogP contribution >= 0.6 is 0 Å². The van der Waals surface area contributed by atoms with Gasteiger partial charge in [-0.1, -0.05) is 30.3 Å². The number of hydrazone groups is 1. The first-order valence-electron chi connectivity index (χ1n) is 7.67. The number of rotatable bonds is 4. The number of nitrogens with zero attached hydrogens (tertiary/aromatic N) is 3. The Bertz CT molecular complexity index is 858. The number of anilines is 1. The predicted molar refractivity (Wildman–Crippen MR) is 94.1 cm³/mol. The van der Waals surface area contributed by atoms with Crippen LogP contribution in [-0.4, -0.2) is 23.3 Å². The van der Waals surface area contributed by atoms with E-state index < -0.39 is 4.92 Å². The van der Waals surface area contributed by atoms with E-state index in [-0.39, 0.29) is 17.5 Å². The average molecular weight is 337 g/mol. The molecule has 1 amide bonds. The molecule has 1 aliphatic rings. The molecule has 0 N–H and O–H groups in total. The summed E-state index contributed by atoms with van der Waals surface area (Å²) in [4.78, 5) is 23.0. The number of ether oxygens (including phenoxy) is 1. The summed E-state index contributed by atoms with van der Waals surface area (Å²) in [5, 5.41) is 16.2. The van der Waals surface area contributed by atoms with E-state index in [1.54, 1.807) is 6.08 Å². The number of amides is 1. The van der Waals surface area contributed by atoms with Crippen molar-refractivity contribution >= 4 is 29.3 Å². The van der Waals surface area contributed by atoms with E-state index >= 15 is 0 Å². The molecule has 2 aromatic carbocycles. The second kappa shape index (κ2) is 6.96. The minimum atomic E-state index is -0.495. The van der Waals surface area contributed by atoms with Crippen molar-refractivity contribution in [3.05, 3.63) is 75.8 Å². The van der Waals surface area contributed by atoms with Crippen LogP contribution in [0.15, 0.2) is 65.3 Å². The maximum absolute atomic E-state index is 12.7. The summed E-state index contributed by atoms with van der Waals surface area (Å²) in [6.07, 6.45) is 1.71. The lowest BCUT2D eigenvalue weighted by molar-refractivity contribution is -0.384. The van der Waals surface area contributed by atoms with Crippen molar-refractivity contribution in [2.24, 2.45) is 5.10 Å². The zero-order valence-corrected chi connectivity index (χ0v) is 13.5. The fourth-order valence-corrected chi connectivity index (χ4v) is 2.37. The van der Waals surface area contributed by atoms with Crippen LogP contribution in [0.2, 0.25) is 0 Å². The lowest BCUT2D eigenvalue weighted by atomic mass is 10.1. The van der Waals surface area contributed by atoms with Crippen molar-refractivity contribution in [2.75, 3.05) is 11.6 Å². The fourth-order valence-electron chi connectivity index (χ4n) is 2.37. The number of hydrogen-bond donors (Lipinski definition) is 0. The Morgan fingerprint density at radius 3 is 2.44 bits per heavy atom. The fraction of sp³-hybridized carbons (Fsp3) is 0.111. The van der Waals surface area contributed by atoms with E-state index in [2.05, 4.69) is 5.10 Å². The molecule has 2 aromatic rings. The van der Waals surface area contributed by atoms with Crippen LogP contribution in [0.5, 0.6) is 0 Å². The summed E-state index contributed by atoms with van der Waals surface area (Å²) < 4.78 is 5.48. The standard InChI is InChI=1S/C18H15N3O4/c1-2-25-17-16(12-13-6-4-3-5-7-13)18(22)20(19-17)14-8-10-15(11-9-14)21(23)24/h3-12H,2H2,1H3/b16-12+. The van der Waals surface area contributed by atoms with Crippen molar-refractivity contribution < 1.29 is 14.5 Å². The van der Waals surface area contributed by atoms with Crippen LogP contribution in [0.3, 0.4) is 0 Å². The van der Waals surface area contributed by atoms with Gasteiger partial charge in [0.05, 0.1) is 17.2 Å². The first kappa shape index (κ1) is 16.4. The summed E-state index contributed by atoms with van der Waals surface area (Å²) in [5.74, 6) is -0.115. The normalized spacial score (nSPS) is 15.4. The molecule has 25 heavy (non-hydrogen) atoms. The second-order valence-electron chi connectivity index (χ2n) is 5.20. The highest BCUT2D eigenvalue weighted by Crippen LogP contribution is 2.27.